The number of aromatic hydroxyl groups is 1. The minimum absolute atomic E-state index is 0.162. The van der Waals surface area contributed by atoms with Gasteiger partial charge in [0.05, 0.1) is 11.3 Å². The van der Waals surface area contributed by atoms with Crippen LogP contribution < -0.4 is 5.73 Å². The standard InChI is InChI=1S/C9H9F2NO2/c1-4(13)5-2-3-6(12)8(14)7(5)9(10)11/h2-3,9,14H,12H2,1H3. The highest BCUT2D eigenvalue weighted by molar-refractivity contribution is 5.97. The molecule has 0 bridgehead atoms. The molecule has 0 spiro atoms. The third-order valence-electron chi connectivity index (χ3n) is 1.85. The molecule has 0 radical (unpaired) electrons. The first kappa shape index (κ1) is 10.4. The van der Waals surface area contributed by atoms with Crippen LogP contribution in [0.5, 0.6) is 5.75 Å². The minimum Gasteiger partial charge on any atom is -0.505 e. The maximum absolute atomic E-state index is 12.5. The molecule has 0 aliphatic carbocycles. The largest absolute Gasteiger partial charge is 0.505 e. The molecule has 76 valence electrons. The fourth-order valence-electron chi connectivity index (χ4n) is 1.15. The van der Waals surface area contributed by atoms with Gasteiger partial charge in [-0.25, -0.2) is 8.78 Å². The molecule has 0 aliphatic rings. The van der Waals surface area contributed by atoms with Crippen LogP contribution in [-0.4, -0.2) is 10.9 Å². The Morgan fingerprint density at radius 2 is 2.07 bits per heavy atom. The van der Waals surface area contributed by atoms with Gasteiger partial charge < -0.3 is 10.8 Å². The highest BCUT2D eigenvalue weighted by atomic mass is 19.3. The molecule has 1 aromatic carbocycles. The van der Waals surface area contributed by atoms with Gasteiger partial charge in [-0.15, -0.1) is 0 Å². The van der Waals surface area contributed by atoms with Crippen molar-refractivity contribution in [2.75, 3.05) is 5.73 Å². The normalized spacial score (nSPS) is 10.6. The number of Topliss-reactive ketones (excluding diaryl/α,β-unsaturated/α-hetero) is 1. The van der Waals surface area contributed by atoms with E-state index in [4.69, 9.17) is 5.73 Å². The molecule has 0 saturated carbocycles. The number of carbonyl (C=O) groups excluding carboxylic acids is 1. The summed E-state index contributed by atoms with van der Waals surface area (Å²) in [6.45, 7) is 1.15. The fourth-order valence-corrected chi connectivity index (χ4v) is 1.15. The van der Waals surface area contributed by atoms with Gasteiger partial charge in [-0.05, 0) is 19.1 Å². The first-order chi connectivity index (χ1) is 6.45. The third kappa shape index (κ3) is 1.66. The molecule has 0 saturated heterocycles. The minimum atomic E-state index is -2.92. The summed E-state index contributed by atoms with van der Waals surface area (Å²) in [5, 5.41) is 9.24. The summed E-state index contributed by atoms with van der Waals surface area (Å²) >= 11 is 0. The maximum atomic E-state index is 12.5. The molecular formula is C9H9F2NO2. The number of phenolic OH excluding ortho intramolecular Hbond substituents is 1. The van der Waals surface area contributed by atoms with Crippen LogP contribution in [-0.2, 0) is 0 Å². The zero-order chi connectivity index (χ0) is 10.9. The summed E-state index contributed by atoms with van der Waals surface area (Å²) in [5.41, 5.74) is 4.17. The van der Waals surface area contributed by atoms with E-state index in [-0.39, 0.29) is 11.3 Å². The van der Waals surface area contributed by atoms with Crippen LogP contribution in [0.2, 0.25) is 0 Å². The van der Waals surface area contributed by atoms with Crippen LogP contribution in [0.4, 0.5) is 14.5 Å². The van der Waals surface area contributed by atoms with Crippen LogP contribution >= 0.6 is 0 Å². The molecule has 1 rings (SSSR count). The number of hydrogen-bond acceptors (Lipinski definition) is 3. The Morgan fingerprint density at radius 1 is 1.50 bits per heavy atom. The van der Waals surface area contributed by atoms with Crippen LogP contribution in [0.25, 0.3) is 0 Å². The summed E-state index contributed by atoms with van der Waals surface area (Å²) in [4.78, 5) is 10.9. The van der Waals surface area contributed by atoms with E-state index < -0.39 is 23.5 Å². The summed E-state index contributed by atoms with van der Waals surface area (Å²) in [6.07, 6.45) is -2.92. The number of hydrogen-bond donors (Lipinski definition) is 2. The number of anilines is 1. The van der Waals surface area contributed by atoms with E-state index in [1.165, 1.54) is 12.1 Å². The number of benzene rings is 1. The average Bonchev–Trinajstić information content (AvgIpc) is 2.08. The monoisotopic (exact) mass is 201 g/mol. The van der Waals surface area contributed by atoms with Crippen LogP contribution in [0.1, 0.15) is 29.3 Å². The van der Waals surface area contributed by atoms with E-state index in [0.29, 0.717) is 0 Å². The second-order valence-electron chi connectivity index (χ2n) is 2.82. The van der Waals surface area contributed by atoms with Crippen molar-refractivity contribution in [1.82, 2.24) is 0 Å². The number of carbonyl (C=O) groups is 1. The molecule has 14 heavy (non-hydrogen) atoms. The van der Waals surface area contributed by atoms with Gasteiger partial charge in [0.1, 0.15) is 5.75 Å². The Kier molecular flexibility index (Phi) is 2.69. The van der Waals surface area contributed by atoms with Gasteiger partial charge in [-0.3, -0.25) is 4.79 Å². The molecule has 0 atom stereocenters. The van der Waals surface area contributed by atoms with Crippen LogP contribution in [0.3, 0.4) is 0 Å². The van der Waals surface area contributed by atoms with E-state index in [9.17, 15) is 18.7 Å². The Morgan fingerprint density at radius 3 is 2.50 bits per heavy atom. The lowest BCUT2D eigenvalue weighted by atomic mass is 10.0. The number of nitrogens with two attached hydrogens (primary N) is 1. The molecular weight excluding hydrogens is 192 g/mol. The Labute approximate surface area is 79.2 Å². The van der Waals surface area contributed by atoms with Crippen LogP contribution in [0, 0.1) is 0 Å². The first-order valence-electron chi connectivity index (χ1n) is 3.85. The molecule has 3 nitrogen and oxygen atoms in total. The summed E-state index contributed by atoms with van der Waals surface area (Å²) in [6, 6.07) is 2.40. The molecule has 0 fully saturated rings. The van der Waals surface area contributed by atoms with Gasteiger partial charge in [0, 0.05) is 5.56 Å². The predicted molar refractivity (Wildman–Crippen MR) is 47.5 cm³/mol. The predicted octanol–water partition coefficient (Wildman–Crippen LogP) is 2.11. The number of alkyl halides is 2. The van der Waals surface area contributed by atoms with Gasteiger partial charge in [0.25, 0.3) is 6.43 Å². The van der Waals surface area contributed by atoms with Crippen molar-refractivity contribution in [3.8, 4) is 5.75 Å². The quantitative estimate of drug-likeness (QED) is 0.437. The first-order valence-corrected chi connectivity index (χ1v) is 3.85. The molecule has 3 N–H and O–H groups in total. The zero-order valence-electron chi connectivity index (χ0n) is 7.42. The van der Waals surface area contributed by atoms with Gasteiger partial charge in [-0.1, -0.05) is 0 Å². The number of ketones is 1. The van der Waals surface area contributed by atoms with Crippen molar-refractivity contribution in [2.45, 2.75) is 13.3 Å². The molecule has 0 unspecified atom stereocenters. The lowest BCUT2D eigenvalue weighted by molar-refractivity contribution is 0.0996. The molecule has 0 amide bonds. The van der Waals surface area contributed by atoms with E-state index in [2.05, 4.69) is 0 Å². The Balaban J connectivity index is 3.45. The summed E-state index contributed by atoms with van der Waals surface area (Å²) < 4.78 is 24.9. The van der Waals surface area contributed by atoms with Crippen molar-refractivity contribution >= 4 is 11.5 Å². The SMILES string of the molecule is CC(=O)c1ccc(N)c(O)c1C(F)F. The number of phenols is 1. The highest BCUT2D eigenvalue weighted by Crippen LogP contribution is 2.35. The van der Waals surface area contributed by atoms with E-state index in [1.807, 2.05) is 0 Å². The van der Waals surface area contributed by atoms with Crippen molar-refractivity contribution in [2.24, 2.45) is 0 Å². The summed E-state index contributed by atoms with van der Waals surface area (Å²) in [5.74, 6) is -1.25. The molecule has 0 aliphatic heterocycles. The third-order valence-corrected chi connectivity index (χ3v) is 1.85. The van der Waals surface area contributed by atoms with Gasteiger partial charge in [0.15, 0.2) is 5.78 Å². The van der Waals surface area contributed by atoms with Gasteiger partial charge >= 0.3 is 0 Å². The number of rotatable bonds is 2. The van der Waals surface area contributed by atoms with Crippen molar-refractivity contribution in [1.29, 1.82) is 0 Å². The fraction of sp³-hybridized carbons (Fsp3) is 0.222. The van der Waals surface area contributed by atoms with Crippen molar-refractivity contribution in [3.05, 3.63) is 23.3 Å². The highest BCUT2D eigenvalue weighted by Gasteiger charge is 2.21. The second kappa shape index (κ2) is 3.61. The van der Waals surface area contributed by atoms with Crippen LogP contribution in [0.15, 0.2) is 12.1 Å². The molecule has 0 aromatic heterocycles. The average molecular weight is 201 g/mol. The molecule has 0 heterocycles. The lowest BCUT2D eigenvalue weighted by Crippen LogP contribution is -2.02. The molecule has 5 heteroatoms. The summed E-state index contributed by atoms with van der Waals surface area (Å²) in [7, 11) is 0. The lowest BCUT2D eigenvalue weighted by Gasteiger charge is -2.09. The van der Waals surface area contributed by atoms with Crippen molar-refractivity contribution in [3.63, 3.8) is 0 Å². The number of halogens is 2. The van der Waals surface area contributed by atoms with E-state index in [1.54, 1.807) is 0 Å². The van der Waals surface area contributed by atoms with Gasteiger partial charge in [0.2, 0.25) is 0 Å². The van der Waals surface area contributed by atoms with Gasteiger partial charge in [-0.2, -0.15) is 0 Å². The van der Waals surface area contributed by atoms with E-state index in [0.717, 1.165) is 6.92 Å². The van der Waals surface area contributed by atoms with Crippen molar-refractivity contribution < 1.29 is 18.7 Å². The number of nitrogen functional groups attached to an aromatic ring is 1. The topological polar surface area (TPSA) is 63.3 Å². The van der Waals surface area contributed by atoms with E-state index >= 15 is 0 Å². The Bertz CT molecular complexity index is 377. The Hall–Kier alpha value is -1.65. The smallest absolute Gasteiger partial charge is 0.268 e. The molecule has 1 aromatic rings. The second-order valence-corrected chi connectivity index (χ2v) is 2.82. The zero-order valence-corrected chi connectivity index (χ0v) is 7.42. The maximum Gasteiger partial charge on any atom is 0.268 e.